The summed E-state index contributed by atoms with van der Waals surface area (Å²) in [7, 11) is 0. The van der Waals surface area contributed by atoms with E-state index in [1.807, 2.05) is 42.0 Å². The smallest absolute Gasteiger partial charge is 0.325 e. The van der Waals surface area contributed by atoms with Gasteiger partial charge in [-0.15, -0.1) is 0 Å². The van der Waals surface area contributed by atoms with Crippen LogP contribution in [0.1, 0.15) is 6.92 Å². The van der Waals surface area contributed by atoms with E-state index in [4.69, 9.17) is 4.74 Å². The molecule has 2 aromatic carbocycles. The molecule has 1 aromatic heterocycles. The molecule has 0 fully saturated rings. The number of nitrogens with zero attached hydrogens (tertiary/aromatic N) is 1. The fourth-order valence-corrected chi connectivity index (χ4v) is 2.77. The summed E-state index contributed by atoms with van der Waals surface area (Å²) in [5.41, 5.74) is 3.37. The van der Waals surface area contributed by atoms with E-state index in [9.17, 15) is 4.79 Å². The third kappa shape index (κ3) is 3.07. The summed E-state index contributed by atoms with van der Waals surface area (Å²) in [6, 6.07) is 16.5. The van der Waals surface area contributed by atoms with Crippen molar-refractivity contribution in [3.05, 3.63) is 59.2 Å². The number of fused-ring (bicyclic) bond motifs is 1. The minimum absolute atomic E-state index is 0.211. The van der Waals surface area contributed by atoms with Crippen molar-refractivity contribution in [3.63, 3.8) is 0 Å². The molecule has 0 atom stereocenters. The predicted octanol–water partition coefficient (Wildman–Crippen LogP) is 4.63. The Morgan fingerprint density at radius 1 is 1.09 bits per heavy atom. The van der Waals surface area contributed by atoms with Gasteiger partial charge < -0.3 is 9.30 Å². The van der Waals surface area contributed by atoms with E-state index in [1.165, 1.54) is 5.56 Å². The lowest BCUT2D eigenvalue weighted by Gasteiger charge is -2.06. The zero-order valence-corrected chi connectivity index (χ0v) is 13.8. The minimum Gasteiger partial charge on any atom is -0.465 e. The van der Waals surface area contributed by atoms with Crippen LogP contribution in [-0.4, -0.2) is 17.1 Å². The van der Waals surface area contributed by atoms with E-state index >= 15 is 0 Å². The van der Waals surface area contributed by atoms with Crippen molar-refractivity contribution in [2.45, 2.75) is 13.5 Å². The third-order valence-electron chi connectivity index (χ3n) is 3.55. The van der Waals surface area contributed by atoms with Crippen LogP contribution in [0.25, 0.3) is 22.0 Å². The molecule has 0 saturated heterocycles. The van der Waals surface area contributed by atoms with Gasteiger partial charge in [0.05, 0.1) is 6.61 Å². The van der Waals surface area contributed by atoms with Crippen LogP contribution in [0.15, 0.2) is 59.2 Å². The number of carbonyl (C=O) groups excluding carboxylic acids is 1. The molecule has 3 nitrogen and oxygen atoms in total. The van der Waals surface area contributed by atoms with Crippen LogP contribution in [0.2, 0.25) is 0 Å². The molecule has 1 heterocycles. The second kappa shape index (κ2) is 6.36. The molecule has 0 amide bonds. The van der Waals surface area contributed by atoms with Gasteiger partial charge in [0, 0.05) is 21.6 Å². The summed E-state index contributed by atoms with van der Waals surface area (Å²) < 4.78 is 7.99. The van der Waals surface area contributed by atoms with Gasteiger partial charge in [-0.3, -0.25) is 4.79 Å². The molecule has 0 spiro atoms. The molecule has 112 valence electrons. The van der Waals surface area contributed by atoms with Crippen LogP contribution < -0.4 is 0 Å². The molecule has 0 radical (unpaired) electrons. The normalized spacial score (nSPS) is 10.8. The van der Waals surface area contributed by atoms with Crippen molar-refractivity contribution in [1.29, 1.82) is 0 Å². The fourth-order valence-electron chi connectivity index (χ4n) is 2.51. The Bertz CT molecular complexity index is 806. The maximum absolute atomic E-state index is 11.6. The SMILES string of the molecule is CCOC(=O)Cn1ccc2cc(-c3ccc(Br)cc3)ccc21. The highest BCUT2D eigenvalue weighted by atomic mass is 79.9. The largest absolute Gasteiger partial charge is 0.465 e. The molecule has 22 heavy (non-hydrogen) atoms. The summed E-state index contributed by atoms with van der Waals surface area (Å²) in [6.07, 6.45) is 1.92. The molecule has 0 aliphatic carbocycles. The average Bonchev–Trinajstić information content (AvgIpc) is 2.90. The van der Waals surface area contributed by atoms with Gasteiger partial charge in [-0.2, -0.15) is 0 Å². The molecule has 0 unspecified atom stereocenters. The monoisotopic (exact) mass is 357 g/mol. The summed E-state index contributed by atoms with van der Waals surface area (Å²) >= 11 is 3.45. The van der Waals surface area contributed by atoms with Crippen molar-refractivity contribution < 1.29 is 9.53 Å². The number of aromatic nitrogens is 1. The van der Waals surface area contributed by atoms with Crippen LogP contribution in [0.3, 0.4) is 0 Å². The Balaban J connectivity index is 1.92. The van der Waals surface area contributed by atoms with Gasteiger partial charge in [-0.05, 0) is 48.4 Å². The molecular weight excluding hydrogens is 342 g/mol. The molecule has 0 N–H and O–H groups in total. The molecule has 0 aliphatic rings. The molecule has 0 aliphatic heterocycles. The van der Waals surface area contributed by atoms with Crippen LogP contribution in [0.4, 0.5) is 0 Å². The van der Waals surface area contributed by atoms with Gasteiger partial charge in [0.2, 0.25) is 0 Å². The van der Waals surface area contributed by atoms with E-state index in [-0.39, 0.29) is 12.5 Å². The van der Waals surface area contributed by atoms with Gasteiger partial charge >= 0.3 is 5.97 Å². The lowest BCUT2D eigenvalue weighted by molar-refractivity contribution is -0.143. The van der Waals surface area contributed by atoms with Crippen LogP contribution in [-0.2, 0) is 16.1 Å². The van der Waals surface area contributed by atoms with Crippen molar-refractivity contribution in [2.75, 3.05) is 6.61 Å². The van der Waals surface area contributed by atoms with Crippen LogP contribution in [0.5, 0.6) is 0 Å². The third-order valence-corrected chi connectivity index (χ3v) is 4.08. The Kier molecular flexibility index (Phi) is 4.29. The van der Waals surface area contributed by atoms with Crippen LogP contribution in [0, 0.1) is 0 Å². The highest BCUT2D eigenvalue weighted by Crippen LogP contribution is 2.26. The van der Waals surface area contributed by atoms with Crippen molar-refractivity contribution in [3.8, 4) is 11.1 Å². The molecule has 0 bridgehead atoms. The molecule has 3 aromatic rings. The van der Waals surface area contributed by atoms with Gasteiger partial charge in [0.1, 0.15) is 6.54 Å². The second-order valence-corrected chi connectivity index (χ2v) is 5.94. The van der Waals surface area contributed by atoms with Gasteiger partial charge in [-0.1, -0.05) is 34.1 Å². The number of ether oxygens (including phenoxy) is 1. The average molecular weight is 358 g/mol. The topological polar surface area (TPSA) is 31.2 Å². The molecule has 3 rings (SSSR count). The summed E-state index contributed by atoms with van der Waals surface area (Å²) in [5, 5.41) is 1.12. The first-order valence-corrected chi connectivity index (χ1v) is 7.97. The van der Waals surface area contributed by atoms with E-state index in [0.29, 0.717) is 6.61 Å². The van der Waals surface area contributed by atoms with Crippen LogP contribution >= 0.6 is 15.9 Å². The van der Waals surface area contributed by atoms with E-state index in [2.05, 4.69) is 40.2 Å². The Labute approximate surface area is 137 Å². The highest BCUT2D eigenvalue weighted by molar-refractivity contribution is 9.10. The Morgan fingerprint density at radius 2 is 1.82 bits per heavy atom. The first kappa shape index (κ1) is 14.9. The number of hydrogen-bond acceptors (Lipinski definition) is 2. The zero-order chi connectivity index (χ0) is 15.5. The van der Waals surface area contributed by atoms with E-state index in [1.54, 1.807) is 0 Å². The van der Waals surface area contributed by atoms with Gasteiger partial charge in [0.15, 0.2) is 0 Å². The maximum atomic E-state index is 11.6. The summed E-state index contributed by atoms with van der Waals surface area (Å²) in [6.45, 7) is 2.47. The number of rotatable bonds is 4. The van der Waals surface area contributed by atoms with Gasteiger partial charge in [0.25, 0.3) is 0 Å². The minimum atomic E-state index is -0.211. The van der Waals surface area contributed by atoms with E-state index in [0.717, 1.165) is 20.9 Å². The van der Waals surface area contributed by atoms with Crippen molar-refractivity contribution >= 4 is 32.8 Å². The number of benzene rings is 2. The van der Waals surface area contributed by atoms with Crippen molar-refractivity contribution in [2.24, 2.45) is 0 Å². The highest BCUT2D eigenvalue weighted by Gasteiger charge is 2.08. The molecular formula is C18H16BrNO2. The number of esters is 1. The molecule has 4 heteroatoms. The Morgan fingerprint density at radius 3 is 2.55 bits per heavy atom. The predicted molar refractivity (Wildman–Crippen MR) is 91.7 cm³/mol. The van der Waals surface area contributed by atoms with E-state index < -0.39 is 0 Å². The number of hydrogen-bond donors (Lipinski definition) is 0. The lowest BCUT2D eigenvalue weighted by Crippen LogP contribution is -2.12. The molecule has 0 saturated carbocycles. The quantitative estimate of drug-likeness (QED) is 0.637. The van der Waals surface area contributed by atoms with Gasteiger partial charge in [-0.25, -0.2) is 0 Å². The Hall–Kier alpha value is -2.07. The first-order chi connectivity index (χ1) is 10.7. The first-order valence-electron chi connectivity index (χ1n) is 7.18. The fraction of sp³-hybridized carbons (Fsp3) is 0.167. The second-order valence-electron chi connectivity index (χ2n) is 5.03. The summed E-state index contributed by atoms with van der Waals surface area (Å²) in [5.74, 6) is -0.211. The maximum Gasteiger partial charge on any atom is 0.325 e. The zero-order valence-electron chi connectivity index (χ0n) is 12.3. The number of halogens is 1. The van der Waals surface area contributed by atoms with Crippen molar-refractivity contribution in [1.82, 2.24) is 4.57 Å². The standard InChI is InChI=1S/C18H16BrNO2/c1-2-22-18(21)12-20-10-9-15-11-14(5-8-17(15)20)13-3-6-16(19)7-4-13/h3-11H,2,12H2,1H3. The number of carbonyl (C=O) groups is 1. The summed E-state index contributed by atoms with van der Waals surface area (Å²) in [4.78, 5) is 11.6. The lowest BCUT2D eigenvalue weighted by atomic mass is 10.0.